The lowest BCUT2D eigenvalue weighted by Crippen LogP contribution is -2.36. The minimum atomic E-state index is -0.704. The third kappa shape index (κ3) is 3.93. The van der Waals surface area contributed by atoms with Crippen LogP contribution in [-0.2, 0) is 0 Å². The summed E-state index contributed by atoms with van der Waals surface area (Å²) < 4.78 is 0. The normalized spacial score (nSPS) is 13.9. The lowest BCUT2D eigenvalue weighted by molar-refractivity contribution is 0.0768. The highest BCUT2D eigenvalue weighted by Crippen LogP contribution is 2.12. The second-order valence-corrected chi connectivity index (χ2v) is 4.44. The molecule has 0 amide bonds. The van der Waals surface area contributed by atoms with Crippen molar-refractivity contribution in [1.82, 2.24) is 15.3 Å². The zero-order valence-electron chi connectivity index (χ0n) is 9.78. The summed E-state index contributed by atoms with van der Waals surface area (Å²) in [6, 6.07) is 0.102. The minimum Gasteiger partial charge on any atom is -0.389 e. The largest absolute Gasteiger partial charge is 0.389 e. The Morgan fingerprint density at radius 2 is 2.00 bits per heavy atom. The monoisotopic (exact) mass is 209 g/mol. The van der Waals surface area contributed by atoms with Crippen molar-refractivity contribution in [2.45, 2.75) is 39.3 Å². The van der Waals surface area contributed by atoms with E-state index in [1.165, 1.54) is 0 Å². The van der Waals surface area contributed by atoms with Crippen molar-refractivity contribution < 1.29 is 5.11 Å². The highest BCUT2D eigenvalue weighted by molar-refractivity contribution is 5.12. The van der Waals surface area contributed by atoms with Crippen molar-refractivity contribution in [3.8, 4) is 0 Å². The first-order chi connectivity index (χ1) is 6.90. The van der Waals surface area contributed by atoms with E-state index in [9.17, 15) is 5.11 Å². The molecule has 0 radical (unpaired) electrons. The summed E-state index contributed by atoms with van der Waals surface area (Å²) in [5, 5.41) is 12.8. The Bertz CT molecular complexity index is 320. The summed E-state index contributed by atoms with van der Waals surface area (Å²) in [5.41, 5.74) is 1.15. The van der Waals surface area contributed by atoms with E-state index in [0.717, 1.165) is 11.4 Å². The number of aryl methyl sites for hydroxylation is 1. The van der Waals surface area contributed by atoms with Gasteiger partial charge in [0.15, 0.2) is 0 Å². The van der Waals surface area contributed by atoms with E-state index < -0.39 is 5.60 Å². The van der Waals surface area contributed by atoms with E-state index in [2.05, 4.69) is 15.3 Å². The fourth-order valence-electron chi connectivity index (χ4n) is 1.34. The minimum absolute atomic E-state index is 0.102. The number of hydrogen-bond acceptors (Lipinski definition) is 4. The van der Waals surface area contributed by atoms with Gasteiger partial charge in [-0.05, 0) is 27.7 Å². The standard InChI is InChI=1S/C11H19N3O/c1-8-10(13-6-5-12-8)9(2)14-7-11(3,4)15/h5-6,9,14-15H,7H2,1-4H3. The number of aliphatic hydroxyl groups is 1. The van der Waals surface area contributed by atoms with Crippen LogP contribution in [0.2, 0.25) is 0 Å². The maximum absolute atomic E-state index is 9.58. The van der Waals surface area contributed by atoms with E-state index >= 15 is 0 Å². The lowest BCUT2D eigenvalue weighted by Gasteiger charge is -2.21. The first-order valence-electron chi connectivity index (χ1n) is 5.13. The molecule has 1 aromatic rings. The van der Waals surface area contributed by atoms with Crippen LogP contribution in [0.5, 0.6) is 0 Å². The average Bonchev–Trinajstić information content (AvgIpc) is 2.14. The van der Waals surface area contributed by atoms with Gasteiger partial charge in [-0.1, -0.05) is 0 Å². The molecule has 0 aliphatic carbocycles. The van der Waals surface area contributed by atoms with Gasteiger partial charge in [0.05, 0.1) is 17.0 Å². The Balaban J connectivity index is 2.62. The molecule has 4 heteroatoms. The number of hydrogen-bond donors (Lipinski definition) is 2. The van der Waals surface area contributed by atoms with Crippen LogP contribution in [-0.4, -0.2) is 27.2 Å². The van der Waals surface area contributed by atoms with Gasteiger partial charge in [0.2, 0.25) is 0 Å². The molecule has 2 N–H and O–H groups in total. The fraction of sp³-hybridized carbons (Fsp3) is 0.636. The molecular weight excluding hydrogens is 190 g/mol. The van der Waals surface area contributed by atoms with Crippen LogP contribution < -0.4 is 5.32 Å². The molecule has 4 nitrogen and oxygen atoms in total. The van der Waals surface area contributed by atoms with E-state index in [0.29, 0.717) is 6.54 Å². The predicted molar refractivity (Wildman–Crippen MR) is 59.5 cm³/mol. The Labute approximate surface area is 90.8 Å². The van der Waals surface area contributed by atoms with Crippen LogP contribution in [0.25, 0.3) is 0 Å². The summed E-state index contributed by atoms with van der Waals surface area (Å²) in [6.07, 6.45) is 3.37. The Morgan fingerprint density at radius 1 is 1.40 bits per heavy atom. The van der Waals surface area contributed by atoms with Crippen molar-refractivity contribution in [2.24, 2.45) is 0 Å². The molecule has 0 fully saturated rings. The molecule has 0 aliphatic rings. The first kappa shape index (κ1) is 12.1. The molecule has 15 heavy (non-hydrogen) atoms. The fourth-order valence-corrected chi connectivity index (χ4v) is 1.34. The summed E-state index contributed by atoms with van der Waals surface area (Å²) in [4.78, 5) is 8.45. The van der Waals surface area contributed by atoms with Gasteiger partial charge in [-0.2, -0.15) is 0 Å². The zero-order chi connectivity index (χ0) is 11.5. The van der Waals surface area contributed by atoms with Crippen molar-refractivity contribution in [3.05, 3.63) is 23.8 Å². The van der Waals surface area contributed by atoms with Gasteiger partial charge in [-0.25, -0.2) is 0 Å². The third-order valence-corrected chi connectivity index (χ3v) is 2.17. The van der Waals surface area contributed by atoms with Gasteiger partial charge < -0.3 is 10.4 Å². The highest BCUT2D eigenvalue weighted by atomic mass is 16.3. The van der Waals surface area contributed by atoms with E-state index in [1.807, 2.05) is 13.8 Å². The summed E-state index contributed by atoms with van der Waals surface area (Å²) in [7, 11) is 0. The van der Waals surface area contributed by atoms with Gasteiger partial charge >= 0.3 is 0 Å². The molecule has 0 saturated heterocycles. The molecule has 0 bridgehead atoms. The maximum atomic E-state index is 9.58. The predicted octanol–water partition coefficient (Wildman–Crippen LogP) is 1.21. The summed E-state index contributed by atoms with van der Waals surface area (Å²) in [6.45, 7) is 8.03. The number of nitrogens with zero attached hydrogens (tertiary/aromatic N) is 2. The molecular formula is C11H19N3O. The van der Waals surface area contributed by atoms with E-state index in [4.69, 9.17) is 0 Å². The molecule has 1 heterocycles. The Hall–Kier alpha value is -1.00. The zero-order valence-corrected chi connectivity index (χ0v) is 9.78. The summed E-state index contributed by atoms with van der Waals surface area (Å²) >= 11 is 0. The number of aromatic nitrogens is 2. The van der Waals surface area contributed by atoms with Crippen molar-refractivity contribution in [1.29, 1.82) is 0 Å². The van der Waals surface area contributed by atoms with Gasteiger partial charge in [-0.15, -0.1) is 0 Å². The van der Waals surface area contributed by atoms with E-state index in [1.54, 1.807) is 26.2 Å². The van der Waals surface area contributed by atoms with Crippen LogP contribution >= 0.6 is 0 Å². The second kappa shape index (κ2) is 4.68. The van der Waals surface area contributed by atoms with Gasteiger partial charge in [-0.3, -0.25) is 9.97 Å². The van der Waals surface area contributed by atoms with Crippen molar-refractivity contribution in [3.63, 3.8) is 0 Å². The van der Waals surface area contributed by atoms with Crippen LogP contribution in [0.4, 0.5) is 0 Å². The van der Waals surface area contributed by atoms with Gasteiger partial charge in [0.1, 0.15) is 0 Å². The third-order valence-electron chi connectivity index (χ3n) is 2.17. The van der Waals surface area contributed by atoms with Gasteiger partial charge in [0.25, 0.3) is 0 Å². The second-order valence-electron chi connectivity index (χ2n) is 4.44. The molecule has 1 rings (SSSR count). The molecule has 0 aliphatic heterocycles. The topological polar surface area (TPSA) is 58.0 Å². The lowest BCUT2D eigenvalue weighted by atomic mass is 10.1. The SMILES string of the molecule is Cc1nccnc1C(C)NCC(C)(C)O. The Kier molecular flexibility index (Phi) is 3.77. The van der Waals surface area contributed by atoms with E-state index in [-0.39, 0.29) is 6.04 Å². The van der Waals surface area contributed by atoms with Crippen LogP contribution in [0, 0.1) is 6.92 Å². The first-order valence-corrected chi connectivity index (χ1v) is 5.13. The summed E-state index contributed by atoms with van der Waals surface area (Å²) in [5.74, 6) is 0. The van der Waals surface area contributed by atoms with Crippen LogP contribution in [0.1, 0.15) is 38.2 Å². The van der Waals surface area contributed by atoms with Crippen LogP contribution in [0.3, 0.4) is 0 Å². The molecule has 0 spiro atoms. The smallest absolute Gasteiger partial charge is 0.0782 e. The maximum Gasteiger partial charge on any atom is 0.0782 e. The van der Waals surface area contributed by atoms with Gasteiger partial charge in [0, 0.05) is 25.0 Å². The molecule has 1 atom stereocenters. The molecule has 0 aromatic carbocycles. The molecule has 84 valence electrons. The van der Waals surface area contributed by atoms with Crippen molar-refractivity contribution in [2.75, 3.05) is 6.54 Å². The highest BCUT2D eigenvalue weighted by Gasteiger charge is 2.16. The quantitative estimate of drug-likeness (QED) is 0.782. The molecule has 1 unspecified atom stereocenters. The number of nitrogens with one attached hydrogen (secondary N) is 1. The van der Waals surface area contributed by atoms with Crippen molar-refractivity contribution >= 4 is 0 Å². The molecule has 0 saturated carbocycles. The van der Waals surface area contributed by atoms with Crippen LogP contribution in [0.15, 0.2) is 12.4 Å². The molecule has 1 aromatic heterocycles. The Morgan fingerprint density at radius 3 is 2.53 bits per heavy atom. The average molecular weight is 209 g/mol. The number of rotatable bonds is 4.